The van der Waals surface area contributed by atoms with Crippen LogP contribution in [0.4, 0.5) is 41.2 Å². The molecule has 5 rings (SSSR count). The maximum absolute atomic E-state index is 13.8. The number of anilines is 1. The Kier molecular flexibility index (Phi) is 8.56. The SMILES string of the molecule is CC(=O)N1CCC(C(=O)N2CCC(N3CCN(c4cc(C(F)(F)F)cc(C(F)(F)F)c4)C3=O)C(c3ccc(F)cc3)C2)CC1. The van der Waals surface area contributed by atoms with Gasteiger partial charge < -0.3 is 14.7 Å². The number of hydrogen-bond acceptors (Lipinski definition) is 3. The zero-order valence-corrected chi connectivity index (χ0v) is 23.8. The maximum Gasteiger partial charge on any atom is 0.416 e. The molecular formula is C30H31F7N4O3. The van der Waals surface area contributed by atoms with Crippen LogP contribution in [0.2, 0.25) is 0 Å². The van der Waals surface area contributed by atoms with Gasteiger partial charge in [-0.2, -0.15) is 26.3 Å². The molecule has 44 heavy (non-hydrogen) atoms. The Bertz CT molecular complexity index is 1370. The van der Waals surface area contributed by atoms with Gasteiger partial charge in [-0.1, -0.05) is 12.1 Å². The zero-order valence-electron chi connectivity index (χ0n) is 23.8. The van der Waals surface area contributed by atoms with Gasteiger partial charge in [0.2, 0.25) is 11.8 Å². The minimum absolute atomic E-state index is 0.0169. The van der Waals surface area contributed by atoms with Crippen LogP contribution >= 0.6 is 0 Å². The average molecular weight is 629 g/mol. The molecule has 0 aliphatic carbocycles. The fourth-order valence-electron chi connectivity index (χ4n) is 6.45. The molecule has 14 heteroatoms. The average Bonchev–Trinajstić information content (AvgIpc) is 3.36. The van der Waals surface area contributed by atoms with E-state index in [1.165, 1.54) is 24.0 Å². The van der Waals surface area contributed by atoms with Gasteiger partial charge in [-0.15, -0.1) is 0 Å². The lowest BCUT2D eigenvalue weighted by Gasteiger charge is -2.44. The standard InChI is InChI=1S/C30H31F7N4O3/c1-18(42)38-9-6-20(7-10-38)27(43)39-11-8-26(25(17-39)19-2-4-23(31)5-3-19)41-13-12-40(28(41)44)24-15-21(29(32,33)34)14-22(16-24)30(35,36)37/h2-5,14-16,20,25-26H,6-13,17H2,1H3. The van der Waals surface area contributed by atoms with Gasteiger partial charge in [0.25, 0.3) is 0 Å². The summed E-state index contributed by atoms with van der Waals surface area (Å²) in [5, 5.41) is 0. The van der Waals surface area contributed by atoms with Gasteiger partial charge in [-0.25, -0.2) is 9.18 Å². The number of carbonyl (C=O) groups is 3. The van der Waals surface area contributed by atoms with Gasteiger partial charge in [0, 0.05) is 69.8 Å². The van der Waals surface area contributed by atoms with Crippen molar-refractivity contribution in [1.29, 1.82) is 0 Å². The van der Waals surface area contributed by atoms with Gasteiger partial charge in [0.1, 0.15) is 5.82 Å². The van der Waals surface area contributed by atoms with Gasteiger partial charge in [0.05, 0.1) is 11.1 Å². The lowest BCUT2D eigenvalue weighted by Crippen LogP contribution is -2.54. The molecule has 2 unspecified atom stereocenters. The molecule has 3 aliphatic heterocycles. The number of urea groups is 1. The number of rotatable bonds is 4. The van der Waals surface area contributed by atoms with E-state index in [-0.39, 0.29) is 50.0 Å². The van der Waals surface area contributed by atoms with Crippen molar-refractivity contribution in [3.8, 4) is 0 Å². The monoisotopic (exact) mass is 628 g/mol. The Morgan fingerprint density at radius 1 is 0.773 bits per heavy atom. The highest BCUT2D eigenvalue weighted by atomic mass is 19.4. The smallest absolute Gasteiger partial charge is 0.343 e. The van der Waals surface area contributed by atoms with Gasteiger partial charge in [0.15, 0.2) is 0 Å². The quantitative estimate of drug-likeness (QED) is 0.406. The minimum atomic E-state index is -5.06. The molecule has 3 fully saturated rings. The van der Waals surface area contributed by atoms with Crippen molar-refractivity contribution in [2.45, 2.75) is 50.5 Å². The third-order valence-electron chi connectivity index (χ3n) is 8.80. The fraction of sp³-hybridized carbons (Fsp3) is 0.500. The second-order valence-corrected chi connectivity index (χ2v) is 11.5. The largest absolute Gasteiger partial charge is 0.416 e. The molecule has 2 aromatic carbocycles. The number of likely N-dealkylation sites (tertiary alicyclic amines) is 2. The molecule has 3 aliphatic rings. The summed E-state index contributed by atoms with van der Waals surface area (Å²) in [4.78, 5) is 44.5. The molecule has 2 aromatic rings. The molecule has 3 saturated heterocycles. The first-order chi connectivity index (χ1) is 20.6. The minimum Gasteiger partial charge on any atom is -0.343 e. The van der Waals surface area contributed by atoms with E-state index in [1.54, 1.807) is 21.9 Å². The van der Waals surface area contributed by atoms with E-state index in [0.717, 1.165) is 4.90 Å². The van der Waals surface area contributed by atoms with Crippen molar-refractivity contribution in [2.75, 3.05) is 44.2 Å². The first-order valence-electron chi connectivity index (χ1n) is 14.3. The van der Waals surface area contributed by atoms with E-state index in [0.29, 0.717) is 50.0 Å². The van der Waals surface area contributed by atoms with Crippen LogP contribution < -0.4 is 4.90 Å². The number of carbonyl (C=O) groups excluding carboxylic acids is 3. The summed E-state index contributed by atoms with van der Waals surface area (Å²) in [7, 11) is 0. The van der Waals surface area contributed by atoms with Gasteiger partial charge in [-0.05, 0) is 55.2 Å². The van der Waals surface area contributed by atoms with Crippen LogP contribution in [0.25, 0.3) is 0 Å². The van der Waals surface area contributed by atoms with Gasteiger partial charge in [-0.3, -0.25) is 14.5 Å². The molecule has 0 aromatic heterocycles. The van der Waals surface area contributed by atoms with Crippen LogP contribution in [0.5, 0.6) is 0 Å². The number of hydrogen-bond donors (Lipinski definition) is 0. The van der Waals surface area contributed by atoms with Gasteiger partial charge >= 0.3 is 18.4 Å². The Morgan fingerprint density at radius 3 is 1.89 bits per heavy atom. The molecule has 3 heterocycles. The molecule has 0 bridgehead atoms. The van der Waals surface area contributed by atoms with E-state index < -0.39 is 53.0 Å². The predicted molar refractivity (Wildman–Crippen MR) is 145 cm³/mol. The van der Waals surface area contributed by atoms with E-state index in [2.05, 4.69) is 0 Å². The molecule has 0 radical (unpaired) electrons. The summed E-state index contributed by atoms with van der Waals surface area (Å²) >= 11 is 0. The molecule has 238 valence electrons. The lowest BCUT2D eigenvalue weighted by atomic mass is 9.84. The lowest BCUT2D eigenvalue weighted by molar-refractivity contribution is -0.143. The molecule has 0 saturated carbocycles. The van der Waals surface area contributed by atoms with Crippen molar-refractivity contribution in [3.63, 3.8) is 0 Å². The highest BCUT2D eigenvalue weighted by Gasteiger charge is 2.44. The maximum atomic E-state index is 13.8. The van der Waals surface area contributed by atoms with E-state index >= 15 is 0 Å². The van der Waals surface area contributed by atoms with Crippen LogP contribution in [0.3, 0.4) is 0 Å². The molecule has 2 atom stereocenters. The fourth-order valence-corrected chi connectivity index (χ4v) is 6.45. The third-order valence-corrected chi connectivity index (χ3v) is 8.80. The Hall–Kier alpha value is -3.84. The number of halogens is 7. The normalized spacial score (nSPS) is 22.1. The highest BCUT2D eigenvalue weighted by molar-refractivity contribution is 5.94. The molecular weight excluding hydrogens is 597 g/mol. The van der Waals surface area contributed by atoms with Crippen molar-refractivity contribution in [2.24, 2.45) is 5.92 Å². The summed E-state index contributed by atoms with van der Waals surface area (Å²) in [5.41, 5.74) is -2.90. The number of amides is 4. The molecule has 0 N–H and O–H groups in total. The summed E-state index contributed by atoms with van der Waals surface area (Å²) in [6, 6.07) is 5.40. The van der Waals surface area contributed by atoms with Crippen LogP contribution in [0.1, 0.15) is 48.8 Å². The molecule has 4 amide bonds. The second-order valence-electron chi connectivity index (χ2n) is 11.5. The van der Waals surface area contributed by atoms with Crippen LogP contribution in [0.15, 0.2) is 42.5 Å². The Labute approximate surface area is 249 Å². The van der Waals surface area contributed by atoms with Crippen molar-refractivity contribution in [3.05, 3.63) is 65.0 Å². The third kappa shape index (κ3) is 6.48. The summed E-state index contributed by atoms with van der Waals surface area (Å²) in [6.45, 7) is 2.77. The van der Waals surface area contributed by atoms with Crippen LogP contribution in [-0.2, 0) is 21.9 Å². The summed E-state index contributed by atoms with van der Waals surface area (Å²) < 4.78 is 94.7. The number of piperidine rings is 2. The first-order valence-corrected chi connectivity index (χ1v) is 14.3. The summed E-state index contributed by atoms with van der Waals surface area (Å²) in [5.74, 6) is -1.40. The predicted octanol–water partition coefficient (Wildman–Crippen LogP) is 5.75. The molecule has 0 spiro atoms. The van der Waals surface area contributed by atoms with Crippen molar-refractivity contribution < 1.29 is 45.1 Å². The van der Waals surface area contributed by atoms with Crippen molar-refractivity contribution >= 4 is 23.5 Å². The van der Waals surface area contributed by atoms with E-state index in [9.17, 15) is 45.1 Å². The van der Waals surface area contributed by atoms with Crippen LogP contribution in [-0.4, -0.2) is 77.9 Å². The molecule has 7 nitrogen and oxygen atoms in total. The van der Waals surface area contributed by atoms with E-state index in [4.69, 9.17) is 0 Å². The second kappa shape index (κ2) is 11.9. The summed E-state index contributed by atoms with van der Waals surface area (Å²) in [6.07, 6.45) is -8.80. The number of alkyl halides is 6. The van der Waals surface area contributed by atoms with E-state index in [1.807, 2.05) is 0 Å². The Morgan fingerprint density at radius 2 is 1.34 bits per heavy atom. The Balaban J connectivity index is 1.39. The van der Waals surface area contributed by atoms with Crippen LogP contribution in [0, 0.1) is 11.7 Å². The van der Waals surface area contributed by atoms with Crippen molar-refractivity contribution in [1.82, 2.24) is 14.7 Å². The highest BCUT2D eigenvalue weighted by Crippen LogP contribution is 2.40. The first kappa shape index (κ1) is 31.6. The number of benzene rings is 2. The topological polar surface area (TPSA) is 64.2 Å². The number of nitrogens with zero attached hydrogens (tertiary/aromatic N) is 4. The zero-order chi connectivity index (χ0) is 32.0.